The predicted octanol–water partition coefficient (Wildman–Crippen LogP) is 4.42. The fourth-order valence-corrected chi connectivity index (χ4v) is 3.83. The van der Waals surface area contributed by atoms with Crippen LogP contribution in [0.4, 0.5) is 0 Å². The average molecular weight is 260 g/mol. The topological polar surface area (TPSA) is 18.5 Å². The molecule has 0 N–H and O–H groups in total. The Kier molecular flexibility index (Phi) is 14.3. The summed E-state index contributed by atoms with van der Waals surface area (Å²) in [4.78, 5) is 0. The van der Waals surface area contributed by atoms with E-state index >= 15 is 0 Å². The molecule has 3 heteroatoms. The fourth-order valence-electron chi connectivity index (χ4n) is 2.03. The van der Waals surface area contributed by atoms with Crippen LogP contribution >= 0.6 is 0 Å². The summed E-state index contributed by atoms with van der Waals surface area (Å²) in [6.45, 7) is 8.02. The number of unbranched alkanes of at least 4 members (excludes halogenated alkanes) is 7. The van der Waals surface area contributed by atoms with Crippen LogP contribution < -0.4 is 0 Å². The second-order valence-corrected chi connectivity index (χ2v) is 6.71. The fraction of sp³-hybridized carbons (Fsp3) is 1.00. The Labute approximate surface area is 110 Å². The van der Waals surface area contributed by atoms with E-state index in [1.54, 1.807) is 0 Å². The third-order valence-electron chi connectivity index (χ3n) is 3.00. The predicted molar refractivity (Wildman–Crippen MR) is 77.8 cm³/mol. The van der Waals surface area contributed by atoms with E-state index in [0.29, 0.717) is 0 Å². The van der Waals surface area contributed by atoms with Gasteiger partial charge in [-0.1, -0.05) is 58.3 Å². The zero-order valence-corrected chi connectivity index (χ0v) is 13.3. The summed E-state index contributed by atoms with van der Waals surface area (Å²) in [6.07, 6.45) is 11.1. The Balaban J connectivity index is 3.23. The van der Waals surface area contributed by atoms with E-state index in [1.165, 1.54) is 57.4 Å². The van der Waals surface area contributed by atoms with Crippen LogP contribution in [-0.4, -0.2) is 22.5 Å². The first-order chi connectivity index (χ1) is 8.35. The van der Waals surface area contributed by atoms with E-state index in [9.17, 15) is 0 Å². The Bertz CT molecular complexity index is 136. The van der Waals surface area contributed by atoms with Gasteiger partial charge < -0.3 is 8.85 Å². The van der Waals surface area contributed by atoms with Crippen LogP contribution in [0.1, 0.15) is 72.1 Å². The molecule has 0 aliphatic heterocycles. The van der Waals surface area contributed by atoms with Gasteiger partial charge in [0.15, 0.2) is 0 Å². The summed E-state index contributed by atoms with van der Waals surface area (Å²) in [5.74, 6) is 0. The number of hydrogen-bond donors (Lipinski definition) is 0. The molecule has 0 aromatic rings. The summed E-state index contributed by atoms with van der Waals surface area (Å²) < 4.78 is 11.3. The second-order valence-electron chi connectivity index (χ2n) is 4.60. The third kappa shape index (κ3) is 12.4. The van der Waals surface area contributed by atoms with E-state index in [0.717, 1.165) is 13.2 Å². The van der Waals surface area contributed by atoms with Gasteiger partial charge in [-0.15, -0.1) is 0 Å². The Hall–Kier alpha value is 0.137. The Morgan fingerprint density at radius 3 is 1.59 bits per heavy atom. The molecule has 0 atom stereocenters. The lowest BCUT2D eigenvalue weighted by molar-refractivity contribution is 0.212. The van der Waals surface area contributed by atoms with Gasteiger partial charge in [0.05, 0.1) is 0 Å². The number of rotatable bonds is 13. The van der Waals surface area contributed by atoms with Crippen LogP contribution in [-0.2, 0) is 8.85 Å². The quantitative estimate of drug-likeness (QED) is 0.360. The van der Waals surface area contributed by atoms with Crippen molar-refractivity contribution in [3.8, 4) is 0 Å². The maximum absolute atomic E-state index is 5.66. The number of hydrogen-bond acceptors (Lipinski definition) is 2. The molecular weight excluding hydrogens is 228 g/mol. The molecule has 0 rings (SSSR count). The Morgan fingerprint density at radius 2 is 1.12 bits per heavy atom. The lowest BCUT2D eigenvalue weighted by atomic mass is 10.1. The molecular formula is C14H32O2Si. The molecule has 0 aliphatic carbocycles. The molecule has 0 aromatic carbocycles. The van der Waals surface area contributed by atoms with Gasteiger partial charge >= 0.3 is 9.28 Å². The molecule has 2 nitrogen and oxygen atoms in total. The molecule has 0 saturated heterocycles. The molecule has 104 valence electrons. The normalized spacial score (nSPS) is 11.3. The van der Waals surface area contributed by atoms with E-state index in [1.807, 2.05) is 0 Å². The molecule has 0 aromatic heterocycles. The van der Waals surface area contributed by atoms with Crippen molar-refractivity contribution in [1.29, 1.82) is 0 Å². The van der Waals surface area contributed by atoms with E-state index in [2.05, 4.69) is 20.8 Å². The highest BCUT2D eigenvalue weighted by Gasteiger charge is 2.10. The third-order valence-corrected chi connectivity index (χ3v) is 5.29. The highest BCUT2D eigenvalue weighted by Crippen LogP contribution is 2.11. The summed E-state index contributed by atoms with van der Waals surface area (Å²) in [5.41, 5.74) is 0. The molecule has 0 fully saturated rings. The first-order valence-electron chi connectivity index (χ1n) is 7.58. The van der Waals surface area contributed by atoms with Crippen molar-refractivity contribution < 1.29 is 8.85 Å². The monoisotopic (exact) mass is 260 g/mol. The molecule has 0 aliphatic rings. The van der Waals surface area contributed by atoms with Crippen LogP contribution in [0, 0.1) is 0 Å². The van der Waals surface area contributed by atoms with Crippen molar-refractivity contribution in [3.05, 3.63) is 0 Å². The smallest absolute Gasteiger partial charge is 0.321 e. The summed E-state index contributed by atoms with van der Waals surface area (Å²) in [5, 5.41) is 0. The van der Waals surface area contributed by atoms with Crippen LogP contribution in [0.3, 0.4) is 0 Å². The van der Waals surface area contributed by atoms with Crippen molar-refractivity contribution in [1.82, 2.24) is 0 Å². The standard InChI is InChI=1S/C14H32O2Si/c1-4-7-8-9-10-11-12-13-14-17(15-5-2)16-6-3/h17H,4-14H2,1-3H3. The highest BCUT2D eigenvalue weighted by molar-refractivity contribution is 6.44. The summed E-state index contributed by atoms with van der Waals surface area (Å²) >= 11 is 0. The zero-order valence-electron chi connectivity index (χ0n) is 12.2. The first kappa shape index (κ1) is 17.1. The summed E-state index contributed by atoms with van der Waals surface area (Å²) in [6, 6.07) is 1.19. The SMILES string of the molecule is CCCCCCCCCC[SiH](OCC)OCC. The first-order valence-corrected chi connectivity index (χ1v) is 9.34. The molecule has 0 amide bonds. The van der Waals surface area contributed by atoms with Crippen molar-refractivity contribution in [3.63, 3.8) is 0 Å². The zero-order chi connectivity index (χ0) is 12.8. The van der Waals surface area contributed by atoms with Gasteiger partial charge in [-0.2, -0.15) is 0 Å². The molecule has 17 heavy (non-hydrogen) atoms. The molecule has 0 unspecified atom stereocenters. The largest absolute Gasteiger partial charge is 0.397 e. The minimum absolute atomic E-state index is 0.813. The second kappa shape index (κ2) is 14.2. The van der Waals surface area contributed by atoms with E-state index in [4.69, 9.17) is 8.85 Å². The molecule has 0 spiro atoms. The maximum Gasteiger partial charge on any atom is 0.321 e. The average Bonchev–Trinajstić information content (AvgIpc) is 2.33. The lowest BCUT2D eigenvalue weighted by Crippen LogP contribution is -2.22. The van der Waals surface area contributed by atoms with Crippen molar-refractivity contribution >= 4 is 9.28 Å². The van der Waals surface area contributed by atoms with Crippen LogP contribution in [0.5, 0.6) is 0 Å². The molecule has 0 bridgehead atoms. The van der Waals surface area contributed by atoms with Crippen LogP contribution in [0.15, 0.2) is 0 Å². The van der Waals surface area contributed by atoms with Gasteiger partial charge in [-0.05, 0) is 19.9 Å². The maximum atomic E-state index is 5.66. The lowest BCUT2D eigenvalue weighted by Gasteiger charge is -2.14. The molecule has 0 heterocycles. The minimum atomic E-state index is -1.30. The van der Waals surface area contributed by atoms with Gasteiger partial charge in [0, 0.05) is 13.2 Å². The van der Waals surface area contributed by atoms with Crippen molar-refractivity contribution in [2.24, 2.45) is 0 Å². The molecule has 0 saturated carbocycles. The van der Waals surface area contributed by atoms with Gasteiger partial charge in [0.1, 0.15) is 0 Å². The van der Waals surface area contributed by atoms with Crippen molar-refractivity contribution in [2.75, 3.05) is 13.2 Å². The summed E-state index contributed by atoms with van der Waals surface area (Å²) in [7, 11) is -1.30. The van der Waals surface area contributed by atoms with Crippen LogP contribution in [0.2, 0.25) is 6.04 Å². The van der Waals surface area contributed by atoms with Gasteiger partial charge in [-0.25, -0.2) is 0 Å². The Morgan fingerprint density at radius 1 is 0.647 bits per heavy atom. The highest BCUT2D eigenvalue weighted by atomic mass is 28.3. The molecule has 0 radical (unpaired) electrons. The van der Waals surface area contributed by atoms with Crippen LogP contribution in [0.25, 0.3) is 0 Å². The van der Waals surface area contributed by atoms with E-state index < -0.39 is 9.28 Å². The van der Waals surface area contributed by atoms with Gasteiger partial charge in [0.25, 0.3) is 0 Å². The van der Waals surface area contributed by atoms with Gasteiger partial charge in [0.2, 0.25) is 0 Å². The minimum Gasteiger partial charge on any atom is -0.397 e. The van der Waals surface area contributed by atoms with E-state index in [-0.39, 0.29) is 0 Å². The van der Waals surface area contributed by atoms with Crippen molar-refractivity contribution in [2.45, 2.75) is 78.2 Å². The van der Waals surface area contributed by atoms with Gasteiger partial charge in [-0.3, -0.25) is 0 Å².